The summed E-state index contributed by atoms with van der Waals surface area (Å²) in [6, 6.07) is 8.73. The summed E-state index contributed by atoms with van der Waals surface area (Å²) >= 11 is 0. The van der Waals surface area contributed by atoms with Crippen molar-refractivity contribution in [3.63, 3.8) is 0 Å². The highest BCUT2D eigenvalue weighted by atomic mass is 19.3. The number of benzene rings is 1. The molecular weight excluding hydrogens is 210 g/mol. The van der Waals surface area contributed by atoms with Gasteiger partial charge in [0.15, 0.2) is 0 Å². The zero-order valence-electron chi connectivity index (χ0n) is 9.66. The van der Waals surface area contributed by atoms with Gasteiger partial charge >= 0.3 is 0 Å². The lowest BCUT2D eigenvalue weighted by molar-refractivity contribution is -0.0879. The first-order valence-electron chi connectivity index (χ1n) is 5.58. The van der Waals surface area contributed by atoms with Crippen LogP contribution >= 0.6 is 0 Å². The Balaban J connectivity index is 3.06. The van der Waals surface area contributed by atoms with Gasteiger partial charge in [-0.1, -0.05) is 50.6 Å². The maximum Gasteiger partial charge on any atom is 0.244 e. The van der Waals surface area contributed by atoms with E-state index < -0.39 is 17.9 Å². The summed E-state index contributed by atoms with van der Waals surface area (Å²) in [5, 5.41) is 10.4. The second-order valence-corrected chi connectivity index (χ2v) is 4.16. The first-order valence-corrected chi connectivity index (χ1v) is 5.58. The van der Waals surface area contributed by atoms with Crippen LogP contribution in [0, 0.1) is 5.92 Å². The summed E-state index contributed by atoms with van der Waals surface area (Å²) in [6.07, 6.45) is -1.50. The molecule has 1 aromatic rings. The molecule has 0 fully saturated rings. The third-order valence-electron chi connectivity index (χ3n) is 3.04. The fourth-order valence-corrected chi connectivity index (χ4v) is 1.95. The van der Waals surface area contributed by atoms with Gasteiger partial charge in [0.05, 0.1) is 11.5 Å². The monoisotopic (exact) mass is 228 g/mol. The molecule has 0 saturated carbocycles. The van der Waals surface area contributed by atoms with Crippen LogP contribution in [0.1, 0.15) is 32.3 Å². The van der Waals surface area contributed by atoms with Crippen LogP contribution in [0.2, 0.25) is 0 Å². The predicted octanol–water partition coefficient (Wildman–Crippen LogP) is 3.58. The fraction of sp³-hybridized carbons (Fsp3) is 0.538. The number of hydrogen-bond acceptors (Lipinski definition) is 1. The van der Waals surface area contributed by atoms with E-state index in [1.54, 1.807) is 24.3 Å². The highest BCUT2D eigenvalue weighted by Gasteiger charge is 2.39. The van der Waals surface area contributed by atoms with Gasteiger partial charge in [0.25, 0.3) is 0 Å². The molecule has 3 heteroatoms. The van der Waals surface area contributed by atoms with E-state index in [4.69, 9.17) is 0 Å². The molecule has 90 valence electrons. The second kappa shape index (κ2) is 5.39. The Bertz CT molecular complexity index is 313. The largest absolute Gasteiger partial charge is 0.385 e. The van der Waals surface area contributed by atoms with E-state index >= 15 is 0 Å². The van der Waals surface area contributed by atoms with Crippen LogP contribution in [-0.4, -0.2) is 11.5 Å². The van der Waals surface area contributed by atoms with Crippen LogP contribution < -0.4 is 0 Å². The van der Waals surface area contributed by atoms with E-state index in [2.05, 4.69) is 0 Å². The van der Waals surface area contributed by atoms with E-state index in [-0.39, 0.29) is 0 Å². The highest BCUT2D eigenvalue weighted by Crippen LogP contribution is 2.37. The van der Waals surface area contributed by atoms with Gasteiger partial charge in [-0.2, -0.15) is 0 Å². The van der Waals surface area contributed by atoms with Crippen LogP contribution in [0.3, 0.4) is 0 Å². The van der Waals surface area contributed by atoms with Crippen LogP contribution in [0.25, 0.3) is 0 Å². The quantitative estimate of drug-likeness (QED) is 0.816. The average molecular weight is 228 g/mol. The number of aliphatic hydroxyl groups is 1. The molecule has 0 aliphatic rings. The Morgan fingerprint density at radius 2 is 1.81 bits per heavy atom. The Morgan fingerprint density at radius 3 is 2.25 bits per heavy atom. The lowest BCUT2D eigenvalue weighted by atomic mass is 9.79. The molecule has 2 unspecified atom stereocenters. The van der Waals surface area contributed by atoms with Gasteiger partial charge in [0.1, 0.15) is 0 Å². The molecule has 1 nitrogen and oxygen atoms in total. The zero-order valence-corrected chi connectivity index (χ0v) is 9.66. The molecule has 0 saturated heterocycles. The van der Waals surface area contributed by atoms with E-state index in [1.165, 1.54) is 6.92 Å². The van der Waals surface area contributed by atoms with Crippen LogP contribution in [0.15, 0.2) is 30.3 Å². The molecule has 1 N–H and O–H groups in total. The van der Waals surface area contributed by atoms with Crippen molar-refractivity contribution in [3.05, 3.63) is 35.9 Å². The van der Waals surface area contributed by atoms with Crippen LogP contribution in [0.5, 0.6) is 0 Å². The minimum atomic E-state index is -2.52. The van der Waals surface area contributed by atoms with Crippen LogP contribution in [-0.2, 0) is 5.60 Å². The van der Waals surface area contributed by atoms with Gasteiger partial charge in [0, 0.05) is 0 Å². The lowest BCUT2D eigenvalue weighted by Gasteiger charge is -2.34. The van der Waals surface area contributed by atoms with Crippen molar-refractivity contribution < 1.29 is 13.9 Å². The molecular formula is C13H18F2O. The Hall–Kier alpha value is -0.960. The van der Waals surface area contributed by atoms with E-state index in [9.17, 15) is 13.9 Å². The summed E-state index contributed by atoms with van der Waals surface area (Å²) in [7, 11) is 0. The number of rotatable bonds is 5. The molecule has 2 atom stereocenters. The second-order valence-electron chi connectivity index (χ2n) is 4.16. The van der Waals surface area contributed by atoms with Crippen molar-refractivity contribution in [2.24, 2.45) is 5.92 Å². The predicted molar refractivity (Wildman–Crippen MR) is 60.4 cm³/mol. The minimum Gasteiger partial charge on any atom is -0.385 e. The SMILES string of the molecule is CCCC(O)(c1ccccc1)C(C)C(F)F. The molecule has 16 heavy (non-hydrogen) atoms. The van der Waals surface area contributed by atoms with Crippen molar-refractivity contribution in [1.82, 2.24) is 0 Å². The Morgan fingerprint density at radius 1 is 1.25 bits per heavy atom. The maximum absolute atomic E-state index is 12.8. The van der Waals surface area contributed by atoms with Gasteiger partial charge in [-0.15, -0.1) is 0 Å². The van der Waals surface area contributed by atoms with Crippen LogP contribution in [0.4, 0.5) is 8.78 Å². The third-order valence-corrected chi connectivity index (χ3v) is 3.04. The molecule has 1 rings (SSSR count). The summed E-state index contributed by atoms with van der Waals surface area (Å²) in [5.74, 6) is -1.06. The summed E-state index contributed by atoms with van der Waals surface area (Å²) in [5.41, 5.74) is -0.853. The van der Waals surface area contributed by atoms with Crippen molar-refractivity contribution in [1.29, 1.82) is 0 Å². The molecule has 0 aliphatic carbocycles. The van der Waals surface area contributed by atoms with Gasteiger partial charge in [0.2, 0.25) is 6.43 Å². The molecule has 0 amide bonds. The average Bonchev–Trinajstić information content (AvgIpc) is 2.29. The van der Waals surface area contributed by atoms with Gasteiger partial charge < -0.3 is 5.11 Å². The normalized spacial score (nSPS) is 17.1. The fourth-order valence-electron chi connectivity index (χ4n) is 1.95. The summed E-state index contributed by atoms with van der Waals surface area (Å²) in [6.45, 7) is 3.28. The number of hydrogen-bond donors (Lipinski definition) is 1. The summed E-state index contributed by atoms with van der Waals surface area (Å²) < 4.78 is 25.5. The van der Waals surface area contributed by atoms with Crippen molar-refractivity contribution in [2.75, 3.05) is 0 Å². The zero-order chi connectivity index (χ0) is 12.2. The molecule has 0 aliphatic heterocycles. The van der Waals surface area contributed by atoms with Gasteiger partial charge in [-0.3, -0.25) is 0 Å². The molecule has 0 radical (unpaired) electrons. The first kappa shape index (κ1) is 13.1. The van der Waals surface area contributed by atoms with Crippen molar-refractivity contribution >= 4 is 0 Å². The van der Waals surface area contributed by atoms with Gasteiger partial charge in [-0.05, 0) is 12.0 Å². The Labute approximate surface area is 95.1 Å². The smallest absolute Gasteiger partial charge is 0.244 e. The lowest BCUT2D eigenvalue weighted by Crippen LogP contribution is -2.37. The van der Waals surface area contributed by atoms with E-state index in [1.807, 2.05) is 13.0 Å². The summed E-state index contributed by atoms with van der Waals surface area (Å²) in [4.78, 5) is 0. The van der Waals surface area contributed by atoms with E-state index in [0.717, 1.165) is 0 Å². The van der Waals surface area contributed by atoms with Crippen molar-refractivity contribution in [3.8, 4) is 0 Å². The molecule has 0 bridgehead atoms. The number of halogens is 2. The standard InChI is InChI=1S/C13H18F2O/c1-3-9-13(16,10(2)12(14)15)11-7-5-4-6-8-11/h4-8,10,12,16H,3,9H2,1-2H3. The molecule has 0 heterocycles. The first-order chi connectivity index (χ1) is 7.52. The number of alkyl halides is 2. The molecule has 0 aromatic heterocycles. The van der Waals surface area contributed by atoms with Crippen molar-refractivity contribution in [2.45, 2.75) is 38.7 Å². The highest BCUT2D eigenvalue weighted by molar-refractivity contribution is 5.23. The molecule has 0 spiro atoms. The Kier molecular flexibility index (Phi) is 4.42. The minimum absolute atomic E-state index is 0.350. The maximum atomic E-state index is 12.8. The van der Waals surface area contributed by atoms with Gasteiger partial charge in [-0.25, -0.2) is 8.78 Å². The topological polar surface area (TPSA) is 20.2 Å². The van der Waals surface area contributed by atoms with E-state index in [0.29, 0.717) is 18.4 Å². The third kappa shape index (κ3) is 2.59. The molecule has 1 aromatic carbocycles.